The van der Waals surface area contributed by atoms with Crippen LogP contribution in [0.1, 0.15) is 30.5 Å². The van der Waals surface area contributed by atoms with Gasteiger partial charge in [0, 0.05) is 6.92 Å². The monoisotopic (exact) mass is 370 g/mol. The molecule has 1 unspecified atom stereocenters. The van der Waals surface area contributed by atoms with Crippen molar-refractivity contribution in [3.63, 3.8) is 0 Å². The molecule has 2 amide bonds. The fourth-order valence-electron chi connectivity index (χ4n) is 3.84. The molecule has 1 aliphatic heterocycles. The van der Waals surface area contributed by atoms with Gasteiger partial charge in [-0.2, -0.15) is 0 Å². The minimum Gasteiger partial charge on any atom is -0.306 e. The van der Waals surface area contributed by atoms with E-state index in [4.69, 9.17) is 0 Å². The summed E-state index contributed by atoms with van der Waals surface area (Å²) in [5, 5.41) is 0. The number of benzene rings is 3. The number of amides is 2. The molecule has 0 spiro atoms. The van der Waals surface area contributed by atoms with Gasteiger partial charge in [-0.15, -0.1) is 0 Å². The molecule has 0 aromatic heterocycles. The molecule has 4 nitrogen and oxygen atoms in total. The van der Waals surface area contributed by atoms with Crippen molar-refractivity contribution in [3.8, 4) is 0 Å². The first kappa shape index (κ1) is 18.0. The minimum absolute atomic E-state index is 0.00825. The van der Waals surface area contributed by atoms with E-state index in [1.54, 1.807) is 16.7 Å². The number of anilines is 2. The lowest BCUT2D eigenvalue weighted by Crippen LogP contribution is -2.34. The van der Waals surface area contributed by atoms with Gasteiger partial charge in [-0.25, -0.2) is 0 Å². The largest absolute Gasteiger partial charge is 0.306 e. The molecule has 0 radical (unpaired) electrons. The van der Waals surface area contributed by atoms with E-state index in [1.165, 1.54) is 0 Å². The highest BCUT2D eigenvalue weighted by Gasteiger charge is 2.35. The Kier molecular flexibility index (Phi) is 4.94. The predicted octanol–water partition coefficient (Wildman–Crippen LogP) is 4.72. The van der Waals surface area contributed by atoms with Gasteiger partial charge in [0.25, 0.3) is 0 Å². The van der Waals surface area contributed by atoms with Gasteiger partial charge in [0.05, 0.1) is 30.4 Å². The average Bonchev–Trinajstić information content (AvgIpc) is 2.84. The third-order valence-corrected chi connectivity index (χ3v) is 5.12. The number of para-hydroxylation sites is 2. The summed E-state index contributed by atoms with van der Waals surface area (Å²) >= 11 is 0. The summed E-state index contributed by atoms with van der Waals surface area (Å²) < 4.78 is 0. The second kappa shape index (κ2) is 7.69. The maximum absolute atomic E-state index is 13.3. The molecule has 0 saturated carbocycles. The molecule has 140 valence electrons. The van der Waals surface area contributed by atoms with Gasteiger partial charge in [0.1, 0.15) is 0 Å². The smallest absolute Gasteiger partial charge is 0.229 e. The Morgan fingerprint density at radius 1 is 0.857 bits per heavy atom. The first-order chi connectivity index (χ1) is 13.6. The Morgan fingerprint density at radius 3 is 2.07 bits per heavy atom. The summed E-state index contributed by atoms with van der Waals surface area (Å²) in [7, 11) is 0. The molecule has 0 bridgehead atoms. The zero-order chi connectivity index (χ0) is 19.5. The Labute approximate surface area is 165 Å². The molecule has 1 atom stereocenters. The lowest BCUT2D eigenvalue weighted by Gasteiger charge is -2.30. The van der Waals surface area contributed by atoms with Crippen molar-refractivity contribution in [1.82, 2.24) is 0 Å². The third kappa shape index (κ3) is 3.41. The first-order valence-electron chi connectivity index (χ1n) is 9.43. The van der Waals surface area contributed by atoms with E-state index in [9.17, 15) is 9.59 Å². The molecule has 0 saturated heterocycles. The summed E-state index contributed by atoms with van der Waals surface area (Å²) in [4.78, 5) is 29.5. The lowest BCUT2D eigenvalue weighted by atomic mass is 10.0. The van der Waals surface area contributed by atoms with Crippen LogP contribution in [0.25, 0.3) is 0 Å². The lowest BCUT2D eigenvalue weighted by molar-refractivity contribution is -0.119. The third-order valence-electron chi connectivity index (χ3n) is 5.12. The second-order valence-electron chi connectivity index (χ2n) is 6.97. The highest BCUT2D eigenvalue weighted by molar-refractivity contribution is 6.05. The number of rotatable bonds is 3. The SMILES string of the molecule is CC(=O)N1c2ccccc2N(Cc2ccccc2)C(=O)CC1c1ccccc1. The topological polar surface area (TPSA) is 40.6 Å². The average molecular weight is 370 g/mol. The fraction of sp³-hybridized carbons (Fsp3) is 0.167. The van der Waals surface area contributed by atoms with Gasteiger partial charge in [0.15, 0.2) is 0 Å². The van der Waals surface area contributed by atoms with Gasteiger partial charge in [-0.1, -0.05) is 72.8 Å². The van der Waals surface area contributed by atoms with Crippen molar-refractivity contribution in [3.05, 3.63) is 96.1 Å². The number of hydrogen-bond donors (Lipinski definition) is 0. The van der Waals surface area contributed by atoms with Crippen LogP contribution in [-0.4, -0.2) is 11.8 Å². The highest BCUT2D eigenvalue weighted by atomic mass is 16.2. The molecule has 0 N–H and O–H groups in total. The Balaban J connectivity index is 1.83. The molecule has 0 aliphatic carbocycles. The summed E-state index contributed by atoms with van der Waals surface area (Å²) in [6.45, 7) is 2.04. The summed E-state index contributed by atoms with van der Waals surface area (Å²) in [6.07, 6.45) is 0.241. The molecule has 0 fully saturated rings. The van der Waals surface area contributed by atoms with E-state index < -0.39 is 0 Å². The van der Waals surface area contributed by atoms with Crippen molar-refractivity contribution in [2.75, 3.05) is 9.80 Å². The van der Waals surface area contributed by atoms with E-state index in [1.807, 2.05) is 84.9 Å². The summed E-state index contributed by atoms with van der Waals surface area (Å²) in [6, 6.07) is 27.0. The number of nitrogens with zero attached hydrogens (tertiary/aromatic N) is 2. The van der Waals surface area contributed by atoms with Gasteiger partial charge in [-0.05, 0) is 23.3 Å². The van der Waals surface area contributed by atoms with Gasteiger partial charge >= 0.3 is 0 Å². The van der Waals surface area contributed by atoms with Gasteiger partial charge in [-0.3, -0.25) is 9.59 Å². The normalized spacial score (nSPS) is 16.5. The van der Waals surface area contributed by atoms with Gasteiger partial charge < -0.3 is 9.80 Å². The standard InChI is InChI=1S/C24H22N2O2/c1-18(27)26-22-15-9-8-14-21(22)25(17-19-10-4-2-5-11-19)24(28)16-23(26)20-12-6-3-7-13-20/h2-15,23H,16-17H2,1H3. The number of carbonyl (C=O) groups excluding carboxylic acids is 2. The van der Waals surface area contributed by atoms with E-state index in [2.05, 4.69) is 0 Å². The number of carbonyl (C=O) groups is 2. The van der Waals surface area contributed by atoms with Gasteiger partial charge in [0.2, 0.25) is 11.8 Å². The van der Waals surface area contributed by atoms with Crippen LogP contribution in [0.15, 0.2) is 84.9 Å². The van der Waals surface area contributed by atoms with Crippen LogP contribution < -0.4 is 9.80 Å². The highest BCUT2D eigenvalue weighted by Crippen LogP contribution is 2.41. The Bertz CT molecular complexity index is 986. The van der Waals surface area contributed by atoms with Crippen LogP contribution in [0.2, 0.25) is 0 Å². The molecule has 1 heterocycles. The van der Waals surface area contributed by atoms with Crippen molar-refractivity contribution in [1.29, 1.82) is 0 Å². The summed E-state index contributed by atoms with van der Waals surface area (Å²) in [5.74, 6) is -0.0652. The van der Waals surface area contributed by atoms with Crippen LogP contribution in [-0.2, 0) is 16.1 Å². The van der Waals surface area contributed by atoms with Crippen molar-refractivity contribution in [2.45, 2.75) is 25.9 Å². The molecule has 3 aromatic carbocycles. The Morgan fingerprint density at radius 2 is 1.43 bits per heavy atom. The van der Waals surface area contributed by atoms with Crippen LogP contribution in [0.4, 0.5) is 11.4 Å². The molecule has 1 aliphatic rings. The van der Waals surface area contributed by atoms with E-state index in [0.29, 0.717) is 6.54 Å². The van der Waals surface area contributed by atoms with Crippen molar-refractivity contribution < 1.29 is 9.59 Å². The molecule has 28 heavy (non-hydrogen) atoms. The summed E-state index contributed by atoms with van der Waals surface area (Å²) in [5.41, 5.74) is 3.55. The van der Waals surface area contributed by atoms with Crippen molar-refractivity contribution in [2.24, 2.45) is 0 Å². The molecular formula is C24H22N2O2. The first-order valence-corrected chi connectivity index (χ1v) is 9.43. The number of hydrogen-bond acceptors (Lipinski definition) is 2. The molecule has 4 rings (SSSR count). The van der Waals surface area contributed by atoms with Crippen molar-refractivity contribution >= 4 is 23.2 Å². The van der Waals surface area contributed by atoms with E-state index >= 15 is 0 Å². The van der Waals surface area contributed by atoms with E-state index in [0.717, 1.165) is 22.5 Å². The molecule has 3 aromatic rings. The second-order valence-corrected chi connectivity index (χ2v) is 6.97. The quantitative estimate of drug-likeness (QED) is 0.669. The molecular weight excluding hydrogens is 348 g/mol. The zero-order valence-electron chi connectivity index (χ0n) is 15.8. The fourth-order valence-corrected chi connectivity index (χ4v) is 3.84. The maximum atomic E-state index is 13.3. The maximum Gasteiger partial charge on any atom is 0.229 e. The molecule has 4 heteroatoms. The van der Waals surface area contributed by atoms with Crippen LogP contribution in [0, 0.1) is 0 Å². The van der Waals surface area contributed by atoms with Crippen LogP contribution >= 0.6 is 0 Å². The van der Waals surface area contributed by atoms with Crippen LogP contribution in [0.5, 0.6) is 0 Å². The zero-order valence-corrected chi connectivity index (χ0v) is 15.8. The van der Waals surface area contributed by atoms with Crippen LogP contribution in [0.3, 0.4) is 0 Å². The number of fused-ring (bicyclic) bond motifs is 1. The predicted molar refractivity (Wildman–Crippen MR) is 111 cm³/mol. The minimum atomic E-state index is -0.326. The Hall–Kier alpha value is -3.40. The van der Waals surface area contributed by atoms with E-state index in [-0.39, 0.29) is 24.3 Å².